The highest BCUT2D eigenvalue weighted by Gasteiger charge is 2.42. The summed E-state index contributed by atoms with van der Waals surface area (Å²) in [5.41, 5.74) is 8.41. The average Bonchev–Trinajstić information content (AvgIpc) is 3.45. The summed E-state index contributed by atoms with van der Waals surface area (Å²) in [6, 6.07) is 13.1. The van der Waals surface area contributed by atoms with E-state index in [0.29, 0.717) is 36.7 Å². The fourth-order valence-corrected chi connectivity index (χ4v) is 6.07. The summed E-state index contributed by atoms with van der Waals surface area (Å²) in [5.74, 6) is 1.22. The molecular weight excluding hydrogens is 452 g/mol. The van der Waals surface area contributed by atoms with Crippen LogP contribution in [0.2, 0.25) is 0 Å². The van der Waals surface area contributed by atoms with Gasteiger partial charge in [0.25, 0.3) is 0 Å². The highest BCUT2D eigenvalue weighted by Crippen LogP contribution is 2.46. The number of ether oxygens (including phenoxy) is 1. The molecule has 1 N–H and O–H groups in total. The first-order valence-electron chi connectivity index (χ1n) is 13.1. The zero-order valence-corrected chi connectivity index (χ0v) is 21.7. The zero-order valence-electron chi connectivity index (χ0n) is 21.7. The van der Waals surface area contributed by atoms with Gasteiger partial charge >= 0.3 is 5.97 Å². The average molecular weight is 489 g/mol. The Hall–Kier alpha value is -3.15. The summed E-state index contributed by atoms with van der Waals surface area (Å²) in [4.78, 5) is 22.6. The van der Waals surface area contributed by atoms with Crippen molar-refractivity contribution in [3.8, 4) is 6.07 Å². The van der Waals surface area contributed by atoms with Crippen molar-refractivity contribution in [2.24, 2.45) is 11.8 Å². The van der Waals surface area contributed by atoms with E-state index in [1.54, 1.807) is 0 Å². The van der Waals surface area contributed by atoms with Crippen LogP contribution in [0.25, 0.3) is 0 Å². The maximum atomic E-state index is 12.9. The lowest BCUT2D eigenvalue weighted by molar-refractivity contribution is 0.0519. The Bertz CT molecular complexity index is 1180. The van der Waals surface area contributed by atoms with Gasteiger partial charge in [0.2, 0.25) is 0 Å². The molecule has 2 aromatic rings. The van der Waals surface area contributed by atoms with Crippen molar-refractivity contribution in [2.75, 3.05) is 42.7 Å². The van der Waals surface area contributed by atoms with E-state index in [2.05, 4.69) is 60.3 Å². The highest BCUT2D eigenvalue weighted by molar-refractivity contribution is 5.91. The lowest BCUT2D eigenvalue weighted by Gasteiger charge is -2.39. The van der Waals surface area contributed by atoms with Gasteiger partial charge in [0.15, 0.2) is 11.5 Å². The summed E-state index contributed by atoms with van der Waals surface area (Å²) >= 11 is 0. The molecule has 3 unspecified atom stereocenters. The van der Waals surface area contributed by atoms with Crippen molar-refractivity contribution in [2.45, 2.75) is 52.6 Å². The molecule has 4 heterocycles. The molecule has 190 valence electrons. The molecule has 2 saturated heterocycles. The molecule has 3 atom stereocenters. The molecule has 5 rings (SSSR count). The summed E-state index contributed by atoms with van der Waals surface area (Å²) in [6.45, 7) is 11.9. The summed E-state index contributed by atoms with van der Waals surface area (Å²) in [7, 11) is 0. The predicted molar refractivity (Wildman–Crippen MR) is 140 cm³/mol. The van der Waals surface area contributed by atoms with Gasteiger partial charge in [-0.2, -0.15) is 5.26 Å². The molecule has 8 heteroatoms. The van der Waals surface area contributed by atoms with Crippen molar-refractivity contribution in [1.82, 2.24) is 15.3 Å². The zero-order chi connectivity index (χ0) is 25.4. The number of rotatable bonds is 6. The minimum atomic E-state index is -0.394. The first kappa shape index (κ1) is 24.5. The number of pyridine rings is 1. The minimum absolute atomic E-state index is 0.0654. The van der Waals surface area contributed by atoms with E-state index < -0.39 is 5.97 Å². The predicted octanol–water partition coefficient (Wildman–Crippen LogP) is 4.34. The Balaban J connectivity index is 1.58. The molecule has 2 fully saturated rings. The van der Waals surface area contributed by atoms with Crippen LogP contribution >= 0.6 is 0 Å². The number of aryl methyl sites for hydroxylation is 1. The molecule has 8 nitrogen and oxygen atoms in total. The molecular formula is C28H36N6O2. The van der Waals surface area contributed by atoms with Gasteiger partial charge in [-0.1, -0.05) is 26.0 Å². The number of nitriles is 1. The van der Waals surface area contributed by atoms with Gasteiger partial charge in [0.1, 0.15) is 0 Å². The van der Waals surface area contributed by atoms with Crippen LogP contribution in [-0.4, -0.2) is 54.7 Å². The van der Waals surface area contributed by atoms with Gasteiger partial charge in [0.05, 0.1) is 31.0 Å². The van der Waals surface area contributed by atoms with E-state index >= 15 is 0 Å². The second kappa shape index (κ2) is 10.1. The number of hydrogen-bond acceptors (Lipinski definition) is 8. The Labute approximate surface area is 213 Å². The Morgan fingerprint density at radius 1 is 1.28 bits per heavy atom. The summed E-state index contributed by atoms with van der Waals surface area (Å²) < 4.78 is 5.38. The van der Waals surface area contributed by atoms with Crippen molar-refractivity contribution in [1.29, 1.82) is 5.26 Å². The quantitative estimate of drug-likeness (QED) is 0.475. The first-order valence-corrected chi connectivity index (χ1v) is 13.1. The van der Waals surface area contributed by atoms with E-state index in [4.69, 9.17) is 9.72 Å². The van der Waals surface area contributed by atoms with Crippen LogP contribution in [0.5, 0.6) is 0 Å². The number of likely N-dealkylation sites (tertiary alicyclic amines) is 1. The minimum Gasteiger partial charge on any atom is -0.461 e. The van der Waals surface area contributed by atoms with Crippen LogP contribution in [-0.2, 0) is 4.74 Å². The van der Waals surface area contributed by atoms with Crippen LogP contribution in [0.15, 0.2) is 30.3 Å². The number of benzene rings is 1. The molecule has 0 spiro atoms. The van der Waals surface area contributed by atoms with Crippen molar-refractivity contribution >= 4 is 23.2 Å². The maximum Gasteiger partial charge on any atom is 0.357 e. The number of carbonyl (C=O) groups is 1. The van der Waals surface area contributed by atoms with Crippen LogP contribution < -0.4 is 15.3 Å². The number of hydrazine groups is 1. The highest BCUT2D eigenvalue weighted by atomic mass is 16.5. The van der Waals surface area contributed by atoms with Gasteiger partial charge in [-0.15, -0.1) is 0 Å². The van der Waals surface area contributed by atoms with E-state index in [1.807, 2.05) is 24.1 Å². The molecule has 36 heavy (non-hydrogen) atoms. The van der Waals surface area contributed by atoms with Crippen molar-refractivity contribution < 1.29 is 9.53 Å². The first-order chi connectivity index (χ1) is 17.4. The Morgan fingerprint density at radius 3 is 2.83 bits per heavy atom. The number of anilines is 3. The number of nitrogens with one attached hydrogen (secondary N) is 1. The normalized spacial score (nSPS) is 23.5. The monoisotopic (exact) mass is 488 g/mol. The topological polar surface area (TPSA) is 84.7 Å². The van der Waals surface area contributed by atoms with Crippen LogP contribution in [0, 0.1) is 30.1 Å². The molecule has 3 aliphatic rings. The van der Waals surface area contributed by atoms with Gasteiger partial charge in [0, 0.05) is 30.4 Å². The largest absolute Gasteiger partial charge is 0.461 e. The van der Waals surface area contributed by atoms with Crippen molar-refractivity contribution in [3.63, 3.8) is 0 Å². The summed E-state index contributed by atoms with van der Waals surface area (Å²) in [6.07, 6.45) is 2.11. The van der Waals surface area contributed by atoms with Crippen LogP contribution in [0.3, 0.4) is 0 Å². The number of fused-ring (bicyclic) bond motifs is 2. The number of nitrogens with zero attached hydrogens (tertiary/aromatic N) is 5. The molecule has 3 aliphatic heterocycles. The third-order valence-corrected chi connectivity index (χ3v) is 7.78. The van der Waals surface area contributed by atoms with E-state index in [1.165, 1.54) is 0 Å². The lowest BCUT2D eigenvalue weighted by Crippen LogP contribution is -2.46. The number of esters is 1. The Kier molecular flexibility index (Phi) is 6.87. The lowest BCUT2D eigenvalue weighted by atomic mass is 9.90. The molecule has 0 aliphatic carbocycles. The number of carbonyl (C=O) groups excluding carboxylic acids is 1. The van der Waals surface area contributed by atoms with Crippen molar-refractivity contribution in [3.05, 3.63) is 47.2 Å². The second-order valence-corrected chi connectivity index (χ2v) is 10.5. The van der Waals surface area contributed by atoms with Gasteiger partial charge in [-0.05, 0) is 68.8 Å². The molecule has 0 amide bonds. The fourth-order valence-electron chi connectivity index (χ4n) is 6.07. The van der Waals surface area contributed by atoms with E-state index in [9.17, 15) is 10.1 Å². The van der Waals surface area contributed by atoms with Gasteiger partial charge in [-0.25, -0.2) is 15.2 Å². The third kappa shape index (κ3) is 4.42. The molecule has 1 aromatic heterocycles. The number of hydrogen-bond donors (Lipinski definition) is 1. The van der Waals surface area contributed by atoms with Crippen LogP contribution in [0.4, 0.5) is 17.2 Å². The van der Waals surface area contributed by atoms with Gasteiger partial charge < -0.3 is 9.64 Å². The maximum absolute atomic E-state index is 12.9. The second-order valence-electron chi connectivity index (χ2n) is 10.5. The number of aromatic nitrogens is 1. The molecule has 1 aromatic carbocycles. The smallest absolute Gasteiger partial charge is 0.357 e. The fraction of sp³-hybridized carbons (Fsp3) is 0.536. The van der Waals surface area contributed by atoms with Gasteiger partial charge in [-0.3, -0.25) is 9.91 Å². The SMILES string of the molecule is CCOC(=O)c1cc(N2CCC3C(CCN3CC#N)C2)c2c(n1)N(c1cccc(C)c1)NC2C(C)C. The third-order valence-electron chi connectivity index (χ3n) is 7.78. The van der Waals surface area contributed by atoms with Crippen LogP contribution in [0.1, 0.15) is 61.3 Å². The van der Waals surface area contributed by atoms with E-state index in [0.717, 1.165) is 60.8 Å². The molecule has 0 bridgehead atoms. The molecule has 0 saturated carbocycles. The standard InChI is InChI=1S/C28H36N6O2/c1-5-36-28(35)22-16-24(33-13-10-23-20(17-33)9-12-32(23)14-11-29)25-26(18(2)3)31-34(27(25)30-22)21-8-6-7-19(4)15-21/h6-8,15-16,18,20,23,26,31H,5,9-10,12-14,17H2,1-4H3. The number of piperidine rings is 1. The van der Waals surface area contributed by atoms with E-state index in [-0.39, 0.29) is 6.04 Å². The Morgan fingerprint density at radius 2 is 2.11 bits per heavy atom. The molecule has 0 radical (unpaired) electrons. The summed E-state index contributed by atoms with van der Waals surface area (Å²) in [5, 5.41) is 11.3.